The van der Waals surface area contributed by atoms with E-state index >= 15 is 0 Å². The molecule has 23 heavy (non-hydrogen) atoms. The van der Waals surface area contributed by atoms with Gasteiger partial charge in [0, 0.05) is 26.2 Å². The van der Waals surface area contributed by atoms with Crippen molar-refractivity contribution in [3.63, 3.8) is 0 Å². The fourth-order valence-corrected chi connectivity index (χ4v) is 3.89. The first kappa shape index (κ1) is 18.7. The number of rotatable bonds is 6. The summed E-state index contributed by atoms with van der Waals surface area (Å²) in [6.07, 6.45) is 8.08. The van der Waals surface area contributed by atoms with Crippen molar-refractivity contribution in [2.75, 3.05) is 45.9 Å². The van der Waals surface area contributed by atoms with Crippen molar-refractivity contribution in [2.45, 2.75) is 58.0 Å². The molecule has 5 nitrogen and oxygen atoms in total. The van der Waals surface area contributed by atoms with E-state index in [1.165, 1.54) is 38.6 Å². The minimum Gasteiger partial charge on any atom is -0.464 e. The summed E-state index contributed by atoms with van der Waals surface area (Å²) in [4.78, 5) is 16.6. The first-order chi connectivity index (χ1) is 11.0. The lowest BCUT2D eigenvalue weighted by atomic mass is 9.89. The summed E-state index contributed by atoms with van der Waals surface area (Å²) in [6, 6.07) is 0. The fourth-order valence-electron chi connectivity index (χ4n) is 3.89. The average Bonchev–Trinajstić information content (AvgIpc) is 2.73. The Morgan fingerprint density at radius 1 is 1.09 bits per heavy atom. The second-order valence-corrected chi connectivity index (χ2v) is 7.43. The van der Waals surface area contributed by atoms with E-state index < -0.39 is 11.6 Å². The van der Waals surface area contributed by atoms with Crippen LogP contribution in [-0.4, -0.2) is 72.4 Å². The number of β-amino-alcohol motifs (C(OH)–C–C–N with tert-alkyl or cyclic N) is 1. The molecule has 1 heterocycles. The third kappa shape index (κ3) is 6.05. The molecule has 1 atom stereocenters. The molecule has 0 bridgehead atoms. The maximum absolute atomic E-state index is 11.8. The number of ether oxygens (including phenoxy) is 1. The van der Waals surface area contributed by atoms with Gasteiger partial charge in [-0.25, -0.2) is 4.79 Å². The number of hydrogen-bond donors (Lipinski definition) is 1. The van der Waals surface area contributed by atoms with E-state index in [1.807, 2.05) is 0 Å². The molecule has 0 radical (unpaired) electrons. The fraction of sp³-hybridized carbons (Fsp3) is 0.944. The van der Waals surface area contributed by atoms with Gasteiger partial charge in [0.2, 0.25) is 0 Å². The zero-order valence-electron chi connectivity index (χ0n) is 14.9. The van der Waals surface area contributed by atoms with Crippen LogP contribution in [0.4, 0.5) is 0 Å². The molecule has 0 aromatic carbocycles. The summed E-state index contributed by atoms with van der Waals surface area (Å²) in [5.41, 5.74) is -1.41. The van der Waals surface area contributed by atoms with Crippen LogP contribution >= 0.6 is 0 Å². The van der Waals surface area contributed by atoms with Crippen LogP contribution in [-0.2, 0) is 9.53 Å². The second kappa shape index (κ2) is 9.00. The Morgan fingerprint density at radius 3 is 2.43 bits per heavy atom. The monoisotopic (exact) mass is 326 g/mol. The molecule has 0 aromatic rings. The summed E-state index contributed by atoms with van der Waals surface area (Å²) in [5.74, 6) is 0.362. The highest BCUT2D eigenvalue weighted by molar-refractivity contribution is 5.79. The van der Waals surface area contributed by atoms with Gasteiger partial charge >= 0.3 is 5.97 Å². The molecule has 1 N–H and O–H groups in total. The molecule has 1 saturated carbocycles. The Bertz CT molecular complexity index is 367. The van der Waals surface area contributed by atoms with Crippen LogP contribution in [0.2, 0.25) is 0 Å². The van der Waals surface area contributed by atoms with Crippen LogP contribution in [0.15, 0.2) is 0 Å². The molecule has 2 fully saturated rings. The molecule has 1 aliphatic heterocycles. The van der Waals surface area contributed by atoms with Crippen LogP contribution in [0.5, 0.6) is 0 Å². The van der Waals surface area contributed by atoms with Gasteiger partial charge < -0.3 is 14.7 Å². The maximum atomic E-state index is 11.8. The van der Waals surface area contributed by atoms with Gasteiger partial charge in [-0.15, -0.1) is 0 Å². The van der Waals surface area contributed by atoms with Crippen molar-refractivity contribution in [1.29, 1.82) is 0 Å². The topological polar surface area (TPSA) is 53.0 Å². The van der Waals surface area contributed by atoms with Crippen molar-refractivity contribution in [3.8, 4) is 0 Å². The molecule has 0 unspecified atom stereocenters. The third-order valence-corrected chi connectivity index (χ3v) is 5.17. The Kier molecular flexibility index (Phi) is 7.31. The number of esters is 1. The van der Waals surface area contributed by atoms with Gasteiger partial charge in [-0.3, -0.25) is 4.90 Å². The average molecular weight is 326 g/mol. The smallest absolute Gasteiger partial charge is 0.339 e. The minimum atomic E-state index is -1.41. The molecule has 2 rings (SSSR count). The minimum absolute atomic E-state index is 0.310. The van der Waals surface area contributed by atoms with E-state index in [0.29, 0.717) is 13.2 Å². The number of aliphatic hydroxyl groups is 1. The van der Waals surface area contributed by atoms with Crippen molar-refractivity contribution in [2.24, 2.45) is 5.92 Å². The predicted molar refractivity (Wildman–Crippen MR) is 91.3 cm³/mol. The Labute approximate surface area is 141 Å². The molecule has 5 heteroatoms. The largest absolute Gasteiger partial charge is 0.464 e. The predicted octanol–water partition coefficient (Wildman–Crippen LogP) is 1.89. The van der Waals surface area contributed by atoms with Crippen molar-refractivity contribution < 1.29 is 14.6 Å². The maximum Gasteiger partial charge on any atom is 0.339 e. The lowest BCUT2D eigenvalue weighted by Crippen LogP contribution is -2.48. The molecule has 134 valence electrons. The zero-order valence-corrected chi connectivity index (χ0v) is 14.9. The number of carbonyl (C=O) groups excluding carboxylic acids is 1. The van der Waals surface area contributed by atoms with Crippen LogP contribution in [0.1, 0.15) is 52.4 Å². The quantitative estimate of drug-likeness (QED) is 0.756. The molecule has 0 amide bonds. The SMILES string of the molecule is CCOC(=O)[C@](C)(O)CN1CCCN(CC2CCCCC2)CC1. The van der Waals surface area contributed by atoms with E-state index in [2.05, 4.69) is 9.80 Å². The second-order valence-electron chi connectivity index (χ2n) is 7.43. The summed E-state index contributed by atoms with van der Waals surface area (Å²) >= 11 is 0. The highest BCUT2D eigenvalue weighted by Gasteiger charge is 2.34. The van der Waals surface area contributed by atoms with Gasteiger partial charge in [-0.2, -0.15) is 0 Å². The van der Waals surface area contributed by atoms with Crippen molar-refractivity contribution >= 4 is 5.97 Å². The lowest BCUT2D eigenvalue weighted by molar-refractivity contribution is -0.164. The number of nitrogens with zero attached hydrogens (tertiary/aromatic N) is 2. The molecular weight excluding hydrogens is 292 g/mol. The summed E-state index contributed by atoms with van der Waals surface area (Å²) in [6.45, 7) is 9.26. The zero-order chi connectivity index (χ0) is 16.7. The Morgan fingerprint density at radius 2 is 1.74 bits per heavy atom. The van der Waals surface area contributed by atoms with Gasteiger partial charge in [-0.1, -0.05) is 19.3 Å². The Hall–Kier alpha value is -0.650. The van der Waals surface area contributed by atoms with Gasteiger partial charge in [0.25, 0.3) is 0 Å². The molecular formula is C18H34N2O3. The van der Waals surface area contributed by atoms with E-state index in [9.17, 15) is 9.90 Å². The lowest BCUT2D eigenvalue weighted by Gasteiger charge is -2.30. The van der Waals surface area contributed by atoms with Gasteiger partial charge in [-0.05, 0) is 52.1 Å². The molecule has 1 saturated heterocycles. The molecule has 1 aliphatic carbocycles. The van der Waals surface area contributed by atoms with E-state index in [0.717, 1.165) is 38.5 Å². The normalized spacial score (nSPS) is 24.8. The van der Waals surface area contributed by atoms with Gasteiger partial charge in [0.05, 0.1) is 6.61 Å². The van der Waals surface area contributed by atoms with Gasteiger partial charge in [0.1, 0.15) is 0 Å². The number of carbonyl (C=O) groups is 1. The third-order valence-electron chi connectivity index (χ3n) is 5.17. The van der Waals surface area contributed by atoms with Crippen molar-refractivity contribution in [3.05, 3.63) is 0 Å². The Balaban J connectivity index is 1.77. The molecule has 2 aliphatic rings. The van der Waals surface area contributed by atoms with Crippen LogP contribution in [0, 0.1) is 5.92 Å². The molecule has 0 spiro atoms. The summed E-state index contributed by atoms with van der Waals surface area (Å²) in [7, 11) is 0. The van der Waals surface area contributed by atoms with E-state index in [-0.39, 0.29) is 0 Å². The van der Waals surface area contributed by atoms with Crippen LogP contribution in [0.3, 0.4) is 0 Å². The van der Waals surface area contributed by atoms with E-state index in [4.69, 9.17) is 4.74 Å². The first-order valence-electron chi connectivity index (χ1n) is 9.35. The number of hydrogen-bond acceptors (Lipinski definition) is 5. The summed E-state index contributed by atoms with van der Waals surface area (Å²) < 4.78 is 4.98. The van der Waals surface area contributed by atoms with Crippen molar-refractivity contribution in [1.82, 2.24) is 9.80 Å². The highest BCUT2D eigenvalue weighted by Crippen LogP contribution is 2.24. The highest BCUT2D eigenvalue weighted by atomic mass is 16.5. The van der Waals surface area contributed by atoms with Crippen LogP contribution < -0.4 is 0 Å². The summed E-state index contributed by atoms with van der Waals surface area (Å²) in [5, 5.41) is 10.4. The van der Waals surface area contributed by atoms with Crippen LogP contribution in [0.25, 0.3) is 0 Å². The van der Waals surface area contributed by atoms with Gasteiger partial charge in [0.15, 0.2) is 5.60 Å². The molecule has 0 aromatic heterocycles. The van der Waals surface area contributed by atoms with E-state index in [1.54, 1.807) is 13.8 Å². The first-order valence-corrected chi connectivity index (χ1v) is 9.35. The standard InChI is InChI=1S/C18H34N2O3/c1-3-23-17(21)18(2,22)15-20-11-7-10-19(12-13-20)14-16-8-5-4-6-9-16/h16,22H,3-15H2,1-2H3/t18-/m1/s1.